The van der Waals surface area contributed by atoms with Crippen LogP contribution in [0.2, 0.25) is 0 Å². The van der Waals surface area contributed by atoms with Crippen molar-refractivity contribution in [3.63, 3.8) is 0 Å². The van der Waals surface area contributed by atoms with E-state index in [0.29, 0.717) is 34.8 Å². The third-order valence-corrected chi connectivity index (χ3v) is 5.53. The Morgan fingerprint density at radius 2 is 2.16 bits per heavy atom. The third kappa shape index (κ3) is 4.54. The number of fused-ring (bicyclic) bond motifs is 1. The molecule has 1 aliphatic heterocycles. The molecule has 166 valence electrons. The summed E-state index contributed by atoms with van der Waals surface area (Å²) in [6.07, 6.45) is 0.831. The minimum absolute atomic E-state index is 0.0146. The third-order valence-electron chi connectivity index (χ3n) is 5.04. The molecule has 3 aromatic rings. The number of likely N-dealkylation sites (tertiary alicyclic amines) is 1. The summed E-state index contributed by atoms with van der Waals surface area (Å²) in [6, 6.07) is 7.12. The summed E-state index contributed by atoms with van der Waals surface area (Å²) in [5.41, 5.74) is 0.178. The molecule has 2 aromatic carbocycles. The lowest BCUT2D eigenvalue weighted by molar-refractivity contribution is -0.386. The molecule has 32 heavy (non-hydrogen) atoms. The maximum atomic E-state index is 14.2. The van der Waals surface area contributed by atoms with Gasteiger partial charge in [-0.25, -0.2) is 19.2 Å². The minimum atomic E-state index is -1.06. The number of carboxylic acid groups (broad SMARTS) is 1. The lowest BCUT2D eigenvalue weighted by Gasteiger charge is -2.30. The molecule has 0 bridgehead atoms. The Bertz CT molecular complexity index is 1210. The summed E-state index contributed by atoms with van der Waals surface area (Å²) in [5, 5.41) is 24.1. The number of ether oxygens (including phenoxy) is 1. The molecule has 2 heterocycles. The topological polar surface area (TPSA) is 131 Å². The number of anilines is 2. The van der Waals surface area contributed by atoms with Crippen LogP contribution >= 0.6 is 15.9 Å². The van der Waals surface area contributed by atoms with Gasteiger partial charge in [-0.05, 0) is 31.0 Å². The Kier molecular flexibility index (Phi) is 6.04. The van der Waals surface area contributed by atoms with Crippen LogP contribution in [0.3, 0.4) is 0 Å². The molecule has 1 fully saturated rings. The first-order chi connectivity index (χ1) is 15.3. The molecule has 1 aliphatic rings. The van der Waals surface area contributed by atoms with Gasteiger partial charge < -0.3 is 20.1 Å². The van der Waals surface area contributed by atoms with Crippen LogP contribution in [-0.2, 0) is 0 Å². The van der Waals surface area contributed by atoms with E-state index < -0.39 is 22.9 Å². The second-order valence-corrected chi connectivity index (χ2v) is 8.09. The number of aromatic nitrogens is 2. The van der Waals surface area contributed by atoms with Gasteiger partial charge in [-0.15, -0.1) is 0 Å². The molecule has 1 saturated heterocycles. The van der Waals surface area contributed by atoms with Crippen LogP contribution in [0.4, 0.5) is 26.4 Å². The Morgan fingerprint density at radius 3 is 2.88 bits per heavy atom. The van der Waals surface area contributed by atoms with Gasteiger partial charge in [-0.1, -0.05) is 15.9 Å². The summed E-state index contributed by atoms with van der Waals surface area (Å²) in [6.45, 7) is 0.508. The zero-order valence-electron chi connectivity index (χ0n) is 16.5. The molecule has 10 nitrogen and oxygen atoms in total. The summed E-state index contributed by atoms with van der Waals surface area (Å²) < 4.78 is 20.6. The van der Waals surface area contributed by atoms with Crippen molar-refractivity contribution in [1.29, 1.82) is 0 Å². The first-order valence-electron chi connectivity index (χ1n) is 9.61. The highest BCUT2D eigenvalue weighted by Gasteiger charge is 2.28. The van der Waals surface area contributed by atoms with Crippen molar-refractivity contribution >= 4 is 50.1 Å². The van der Waals surface area contributed by atoms with Crippen molar-refractivity contribution in [3.05, 3.63) is 57.1 Å². The highest BCUT2D eigenvalue weighted by atomic mass is 79.9. The molecule has 0 saturated carbocycles. The first kappa shape index (κ1) is 21.7. The molecule has 0 spiro atoms. The second-order valence-electron chi connectivity index (χ2n) is 7.18. The number of nitrogens with zero attached hydrogens (tertiary/aromatic N) is 4. The lowest BCUT2D eigenvalue weighted by atomic mass is 10.1. The Labute approximate surface area is 189 Å². The van der Waals surface area contributed by atoms with Crippen molar-refractivity contribution in [2.24, 2.45) is 0 Å². The van der Waals surface area contributed by atoms with Crippen molar-refractivity contribution in [1.82, 2.24) is 14.9 Å². The first-order valence-corrected chi connectivity index (χ1v) is 10.4. The van der Waals surface area contributed by atoms with Crippen LogP contribution in [0, 0.1) is 15.9 Å². The van der Waals surface area contributed by atoms with Crippen molar-refractivity contribution < 1.29 is 24.0 Å². The summed E-state index contributed by atoms with van der Waals surface area (Å²) in [5.74, 6) is -0.347. The summed E-state index contributed by atoms with van der Waals surface area (Å²) >= 11 is 3.19. The largest absolute Gasteiger partial charge is 0.482 e. The van der Waals surface area contributed by atoms with E-state index in [1.807, 2.05) is 0 Å². The average molecular weight is 506 g/mol. The fourth-order valence-corrected chi connectivity index (χ4v) is 3.85. The van der Waals surface area contributed by atoms with Crippen molar-refractivity contribution in [2.75, 3.05) is 18.4 Å². The monoisotopic (exact) mass is 505 g/mol. The van der Waals surface area contributed by atoms with Gasteiger partial charge in [0.2, 0.25) is 0 Å². The lowest BCUT2D eigenvalue weighted by Crippen LogP contribution is -2.43. The number of nitro groups is 1. The van der Waals surface area contributed by atoms with Gasteiger partial charge in [0.25, 0.3) is 0 Å². The van der Waals surface area contributed by atoms with E-state index in [2.05, 4.69) is 31.2 Å². The SMILES string of the molecule is O=C(O)N1CCCC(Oc2cc3ncnc(Nc4ccc(Br)cc4F)c3cc2[N+](=O)[O-])C1. The van der Waals surface area contributed by atoms with Crippen LogP contribution in [0.1, 0.15) is 12.8 Å². The van der Waals surface area contributed by atoms with E-state index in [4.69, 9.17) is 4.74 Å². The molecular weight excluding hydrogens is 489 g/mol. The van der Waals surface area contributed by atoms with Crippen LogP contribution in [0.25, 0.3) is 10.9 Å². The molecular formula is C20H17BrFN5O5. The quantitative estimate of drug-likeness (QED) is 0.376. The highest BCUT2D eigenvalue weighted by molar-refractivity contribution is 9.10. The second kappa shape index (κ2) is 8.91. The van der Waals surface area contributed by atoms with Gasteiger partial charge in [0.15, 0.2) is 5.75 Å². The van der Waals surface area contributed by atoms with E-state index in [1.54, 1.807) is 6.07 Å². The summed E-state index contributed by atoms with van der Waals surface area (Å²) in [7, 11) is 0. The van der Waals surface area contributed by atoms with E-state index in [0.717, 1.165) is 0 Å². The maximum Gasteiger partial charge on any atom is 0.407 e. The van der Waals surface area contributed by atoms with Crippen molar-refractivity contribution in [3.8, 4) is 5.75 Å². The normalized spacial score (nSPS) is 16.1. The smallest absolute Gasteiger partial charge is 0.407 e. The van der Waals surface area contributed by atoms with Crippen LogP contribution in [0.15, 0.2) is 41.1 Å². The summed E-state index contributed by atoms with van der Waals surface area (Å²) in [4.78, 5) is 31.9. The fraction of sp³-hybridized carbons (Fsp3) is 0.250. The molecule has 0 radical (unpaired) electrons. The number of benzene rings is 2. The van der Waals surface area contributed by atoms with E-state index in [-0.39, 0.29) is 29.5 Å². The zero-order chi connectivity index (χ0) is 22.8. The number of nitro benzene ring substituents is 1. The predicted molar refractivity (Wildman–Crippen MR) is 117 cm³/mol. The van der Waals surface area contributed by atoms with Gasteiger partial charge in [-0.3, -0.25) is 10.1 Å². The van der Waals surface area contributed by atoms with Gasteiger partial charge in [0.05, 0.1) is 28.1 Å². The number of carbonyl (C=O) groups is 1. The zero-order valence-corrected chi connectivity index (χ0v) is 18.1. The number of piperidine rings is 1. The molecule has 4 rings (SSSR count). The Balaban J connectivity index is 1.69. The maximum absolute atomic E-state index is 14.2. The van der Waals surface area contributed by atoms with Gasteiger partial charge in [0.1, 0.15) is 24.1 Å². The van der Waals surface area contributed by atoms with E-state index in [1.165, 1.54) is 35.5 Å². The molecule has 1 unspecified atom stereocenters. The number of nitrogens with one attached hydrogen (secondary N) is 1. The van der Waals surface area contributed by atoms with Gasteiger partial charge in [-0.2, -0.15) is 0 Å². The van der Waals surface area contributed by atoms with Crippen LogP contribution < -0.4 is 10.1 Å². The molecule has 1 aromatic heterocycles. The van der Waals surface area contributed by atoms with Gasteiger partial charge in [0, 0.05) is 23.2 Å². The molecule has 0 aliphatic carbocycles. The molecule has 2 N–H and O–H groups in total. The van der Waals surface area contributed by atoms with E-state index >= 15 is 0 Å². The number of hydrogen-bond donors (Lipinski definition) is 2. The number of rotatable bonds is 5. The molecule has 1 atom stereocenters. The fourth-order valence-electron chi connectivity index (χ4n) is 3.52. The number of hydrogen-bond acceptors (Lipinski definition) is 7. The van der Waals surface area contributed by atoms with E-state index in [9.17, 15) is 24.4 Å². The minimum Gasteiger partial charge on any atom is -0.482 e. The highest BCUT2D eigenvalue weighted by Crippen LogP contribution is 2.36. The van der Waals surface area contributed by atoms with Crippen molar-refractivity contribution in [2.45, 2.75) is 18.9 Å². The number of halogens is 2. The predicted octanol–water partition coefficient (Wildman–Crippen LogP) is 4.70. The van der Waals surface area contributed by atoms with Gasteiger partial charge >= 0.3 is 11.8 Å². The molecule has 1 amide bonds. The number of amides is 1. The van der Waals surface area contributed by atoms with Crippen LogP contribution in [-0.4, -0.2) is 50.2 Å². The average Bonchev–Trinajstić information content (AvgIpc) is 2.75. The standard InChI is InChI=1S/C20H17BrFN5O5/c21-11-3-4-15(14(22)6-11)25-19-13-7-17(27(30)31)18(8-16(13)23-10-24-19)32-12-2-1-5-26(9-12)20(28)29/h3-4,6-8,10,12H,1-2,5,9H2,(H,28,29)(H,23,24,25). The van der Waals surface area contributed by atoms with Crippen LogP contribution in [0.5, 0.6) is 5.75 Å². The molecule has 12 heteroatoms. The Morgan fingerprint density at radius 1 is 1.34 bits per heavy atom. The Hall–Kier alpha value is -3.54.